The zero-order valence-electron chi connectivity index (χ0n) is 17.2. The van der Waals surface area contributed by atoms with Gasteiger partial charge in [0, 0.05) is 24.1 Å². The molecule has 134 valence electrons. The van der Waals surface area contributed by atoms with Crippen molar-refractivity contribution < 1.29 is 18.8 Å². The molecule has 0 aromatic carbocycles. The minimum absolute atomic E-state index is 0.214. The maximum atomic E-state index is 11.8. The van der Waals surface area contributed by atoms with Crippen molar-refractivity contribution in [2.75, 3.05) is 20.1 Å². The topological polar surface area (TPSA) is 96.0 Å². The molecule has 0 rings (SSSR count). The number of ketones is 1. The minimum Gasteiger partial charge on any atom is -0.396 e. The van der Waals surface area contributed by atoms with Gasteiger partial charge in [-0.1, -0.05) is 44.9 Å². The molecule has 0 saturated carbocycles. The summed E-state index contributed by atoms with van der Waals surface area (Å²) in [5.74, 6) is -1.28. The van der Waals surface area contributed by atoms with Crippen molar-refractivity contribution >= 4 is 17.6 Å². The quantitative estimate of drug-likeness (QED) is 0.307. The number of Topliss-reactive ketones (excluding diaryl/α,β-unsaturated/α-hetero) is 1. The molecule has 0 atom stereocenters. The molecule has 0 radical (unpaired) electrons. The predicted octanol–water partition coefficient (Wildman–Crippen LogP) is 2.24. The summed E-state index contributed by atoms with van der Waals surface area (Å²) in [5, 5.41) is 8.68. The molecule has 0 bridgehead atoms. The van der Waals surface area contributed by atoms with Crippen LogP contribution in [0.25, 0.3) is 0 Å². The summed E-state index contributed by atoms with van der Waals surface area (Å²) in [6.07, 6.45) is 9.37. The van der Waals surface area contributed by atoms with Gasteiger partial charge in [-0.05, 0) is 19.8 Å². The van der Waals surface area contributed by atoms with Gasteiger partial charge in [-0.15, -0.1) is 0 Å². The van der Waals surface area contributed by atoms with Gasteiger partial charge >= 0.3 is 0 Å². The van der Waals surface area contributed by atoms with E-state index in [4.69, 9.17) is 15.0 Å². The number of unbranched alkanes of at least 4 members (excludes halogenated alkanes) is 8. The molecule has 0 aromatic rings. The highest BCUT2D eigenvalue weighted by molar-refractivity contribution is 5.93. The largest absolute Gasteiger partial charge is 0.396 e. The number of aliphatic imine (C=N–C) groups is 1. The van der Waals surface area contributed by atoms with Crippen molar-refractivity contribution in [1.29, 1.82) is 0 Å². The van der Waals surface area contributed by atoms with Crippen LogP contribution in [0, 0.1) is 0 Å². The molecular formula is C17H33N3O3. The highest BCUT2D eigenvalue weighted by Gasteiger charge is 2.07. The van der Waals surface area contributed by atoms with Crippen LogP contribution in [0.5, 0.6) is 0 Å². The van der Waals surface area contributed by atoms with Crippen LogP contribution in [-0.4, -0.2) is 47.8 Å². The number of aliphatic hydroxyl groups excluding tert-OH is 1. The summed E-state index contributed by atoms with van der Waals surface area (Å²) in [4.78, 5) is 27.3. The average Bonchev–Trinajstić information content (AvgIpc) is 2.53. The number of hydrogen-bond donors (Lipinski definition) is 2. The average molecular weight is 330 g/mol. The number of nitrogens with zero attached hydrogens (tertiary/aromatic N) is 2. The van der Waals surface area contributed by atoms with E-state index >= 15 is 0 Å². The van der Waals surface area contributed by atoms with Gasteiger partial charge in [-0.3, -0.25) is 9.59 Å². The summed E-state index contributed by atoms with van der Waals surface area (Å²) in [6.45, 7) is -1.51. The van der Waals surface area contributed by atoms with E-state index in [0.29, 0.717) is 11.3 Å². The van der Waals surface area contributed by atoms with Crippen LogP contribution < -0.4 is 5.73 Å². The normalized spacial score (nSPS) is 14.0. The second kappa shape index (κ2) is 14.2. The summed E-state index contributed by atoms with van der Waals surface area (Å²) in [5.41, 5.74) is 5.60. The molecule has 6 heteroatoms. The molecule has 0 aliphatic heterocycles. The molecule has 0 aliphatic rings. The Morgan fingerprint density at radius 2 is 1.57 bits per heavy atom. The van der Waals surface area contributed by atoms with Crippen molar-refractivity contribution in [1.82, 2.24) is 4.90 Å². The third-order valence-corrected chi connectivity index (χ3v) is 3.45. The lowest BCUT2D eigenvalue weighted by atomic mass is 10.1. The number of hydrogen-bond acceptors (Lipinski definition) is 3. The maximum absolute atomic E-state index is 11.8. The molecule has 0 aromatic heterocycles. The molecule has 0 heterocycles. The smallest absolute Gasteiger partial charge is 0.248 e. The number of rotatable bonds is 13. The first-order chi connectivity index (χ1) is 12.2. The molecule has 3 N–H and O–H groups in total. The summed E-state index contributed by atoms with van der Waals surface area (Å²) in [7, 11) is 0. The van der Waals surface area contributed by atoms with E-state index < -0.39 is 25.4 Å². The van der Waals surface area contributed by atoms with Gasteiger partial charge < -0.3 is 15.7 Å². The number of likely N-dealkylation sites (N-methyl/N-ethyl adjacent to an activating group) is 1. The zero-order valence-corrected chi connectivity index (χ0v) is 14.2. The Balaban J connectivity index is 4.04. The first-order valence-corrected chi connectivity index (χ1v) is 8.43. The second-order valence-corrected chi connectivity index (χ2v) is 5.81. The van der Waals surface area contributed by atoms with Crippen molar-refractivity contribution in [2.45, 2.75) is 71.1 Å². The minimum atomic E-state index is -2.61. The second-order valence-electron chi connectivity index (χ2n) is 5.81. The van der Waals surface area contributed by atoms with Crippen LogP contribution >= 0.6 is 0 Å². The van der Waals surface area contributed by atoms with E-state index in [2.05, 4.69) is 4.99 Å². The van der Waals surface area contributed by atoms with Crippen molar-refractivity contribution in [2.24, 2.45) is 10.7 Å². The van der Waals surface area contributed by atoms with Crippen LogP contribution in [-0.2, 0) is 9.59 Å². The van der Waals surface area contributed by atoms with E-state index in [0.717, 1.165) is 44.9 Å². The van der Waals surface area contributed by atoms with Crippen molar-refractivity contribution in [3.63, 3.8) is 0 Å². The fourth-order valence-corrected chi connectivity index (χ4v) is 2.17. The summed E-state index contributed by atoms with van der Waals surface area (Å²) >= 11 is 0. The number of carbonyl (C=O) groups is 2. The molecule has 0 spiro atoms. The number of carbonyl (C=O) groups excluding carboxylic acids is 2. The van der Waals surface area contributed by atoms with E-state index in [-0.39, 0.29) is 18.8 Å². The van der Waals surface area contributed by atoms with E-state index in [1.165, 1.54) is 13.3 Å². The van der Waals surface area contributed by atoms with Crippen LogP contribution in [0.1, 0.15) is 75.2 Å². The Labute approximate surface area is 144 Å². The number of nitrogens with two attached hydrogens (primary N) is 1. The Morgan fingerprint density at radius 3 is 2.04 bits per heavy atom. The summed E-state index contributed by atoms with van der Waals surface area (Å²) in [6, 6.07) is 0. The molecule has 0 aliphatic carbocycles. The van der Waals surface area contributed by atoms with Crippen LogP contribution in [0.4, 0.5) is 0 Å². The highest BCUT2D eigenvalue weighted by Crippen LogP contribution is 2.10. The number of amides is 1. The third-order valence-electron chi connectivity index (χ3n) is 3.45. The molecule has 0 unspecified atom stereocenters. The van der Waals surface area contributed by atoms with Gasteiger partial charge in [0.25, 0.3) is 0 Å². The summed E-state index contributed by atoms with van der Waals surface area (Å²) < 4.78 is 22.1. The van der Waals surface area contributed by atoms with Crippen LogP contribution in [0.15, 0.2) is 4.99 Å². The van der Waals surface area contributed by atoms with Gasteiger partial charge in [-0.25, -0.2) is 0 Å². The number of aliphatic hydroxyl groups is 1. The number of guanidine groups is 1. The Morgan fingerprint density at radius 1 is 1.04 bits per heavy atom. The molecule has 6 nitrogen and oxygen atoms in total. The first-order valence-electron chi connectivity index (χ1n) is 9.93. The Hall–Kier alpha value is -1.43. The van der Waals surface area contributed by atoms with E-state index in [1.54, 1.807) is 0 Å². The maximum Gasteiger partial charge on any atom is 0.248 e. The fraction of sp³-hybridized carbons (Fsp3) is 0.824. The van der Waals surface area contributed by atoms with Crippen LogP contribution in [0.2, 0.25) is 0 Å². The van der Waals surface area contributed by atoms with Gasteiger partial charge in [0.15, 0.2) is 5.96 Å². The molecule has 0 fully saturated rings. The zero-order chi connectivity index (χ0) is 20.0. The van der Waals surface area contributed by atoms with Gasteiger partial charge in [0.05, 0.1) is 6.54 Å². The van der Waals surface area contributed by atoms with Crippen molar-refractivity contribution in [3.05, 3.63) is 0 Å². The van der Waals surface area contributed by atoms with Gasteiger partial charge in [-0.2, -0.15) is 4.99 Å². The molecule has 23 heavy (non-hydrogen) atoms. The standard InChI is InChI=1S/C17H33N3O3/c1-15(22)14-20(2)17(18)19-16(23)12-10-8-6-4-3-5-7-9-11-13-21/h21H,3-14H2,1-2H3,(H2,18,19,23)/i2D3. The van der Waals surface area contributed by atoms with Gasteiger partial charge in [0.2, 0.25) is 5.91 Å². The molecular weight excluding hydrogens is 294 g/mol. The molecule has 1 amide bonds. The van der Waals surface area contributed by atoms with Crippen molar-refractivity contribution in [3.8, 4) is 0 Å². The van der Waals surface area contributed by atoms with Crippen LogP contribution in [0.3, 0.4) is 0 Å². The Bertz CT molecular complexity index is 454. The lowest BCUT2D eigenvalue weighted by Crippen LogP contribution is -2.37. The molecule has 0 saturated heterocycles. The fourth-order valence-electron chi connectivity index (χ4n) is 2.17. The first kappa shape index (κ1) is 16.4. The van der Waals surface area contributed by atoms with E-state index in [1.807, 2.05) is 0 Å². The SMILES string of the molecule is [2H]C([2H])([2H])N(CC(C)=O)C(N)=NC(=O)CCCCCCCCCCCO. The highest BCUT2D eigenvalue weighted by atomic mass is 16.2. The predicted molar refractivity (Wildman–Crippen MR) is 93.2 cm³/mol. The monoisotopic (exact) mass is 330 g/mol. The van der Waals surface area contributed by atoms with E-state index in [9.17, 15) is 9.59 Å². The lowest BCUT2D eigenvalue weighted by molar-refractivity contribution is -0.119. The third kappa shape index (κ3) is 13.9. The van der Waals surface area contributed by atoms with Gasteiger partial charge in [0.1, 0.15) is 5.78 Å². The Kier molecular flexibility index (Phi) is 10.1. The lowest BCUT2D eigenvalue weighted by Gasteiger charge is -2.15.